The lowest BCUT2D eigenvalue weighted by Crippen LogP contribution is -2.39. The summed E-state index contributed by atoms with van der Waals surface area (Å²) in [6, 6.07) is 7.90. The molecule has 0 aromatic heterocycles. The summed E-state index contributed by atoms with van der Waals surface area (Å²) in [7, 11) is 1.66. The number of rotatable bonds is 14. The van der Waals surface area contributed by atoms with Crippen LogP contribution in [0.2, 0.25) is 0 Å². The Labute approximate surface area is 175 Å². The van der Waals surface area contributed by atoms with E-state index in [1.165, 1.54) is 0 Å². The first kappa shape index (κ1) is 24.8. The molecule has 0 atom stereocenters. The van der Waals surface area contributed by atoms with Crippen LogP contribution >= 0.6 is 0 Å². The molecule has 7 heteroatoms. The summed E-state index contributed by atoms with van der Waals surface area (Å²) in [5.74, 6) is 1.80. The summed E-state index contributed by atoms with van der Waals surface area (Å²) in [5, 5.41) is 6.68. The molecule has 0 saturated heterocycles. The summed E-state index contributed by atoms with van der Waals surface area (Å²) in [5.41, 5.74) is 1.11. The van der Waals surface area contributed by atoms with Crippen molar-refractivity contribution in [1.82, 2.24) is 15.5 Å². The van der Waals surface area contributed by atoms with Gasteiger partial charge in [0.15, 0.2) is 5.96 Å². The minimum atomic E-state index is 0.207. The Hall–Kier alpha value is -2.28. The maximum absolute atomic E-state index is 12.1. The third kappa shape index (κ3) is 10.7. The minimum Gasteiger partial charge on any atom is -0.497 e. The topological polar surface area (TPSA) is 75.2 Å². The fourth-order valence-electron chi connectivity index (χ4n) is 2.78. The number of nitrogens with one attached hydrogen (secondary N) is 2. The van der Waals surface area contributed by atoms with Gasteiger partial charge in [-0.2, -0.15) is 0 Å². The predicted molar refractivity (Wildman–Crippen MR) is 118 cm³/mol. The van der Waals surface area contributed by atoms with E-state index in [0.717, 1.165) is 63.0 Å². The molecule has 7 nitrogen and oxygen atoms in total. The monoisotopic (exact) mass is 406 g/mol. The molecule has 1 amide bonds. The second-order valence-corrected chi connectivity index (χ2v) is 6.59. The standard InChI is InChI=1S/C22H38N4O3/c1-5-26(6-2)21(27)10-8-15-23-22(24-16-9-17-29-7-3)25-18-19-11-13-20(28-4)14-12-19/h11-14H,5-10,15-18H2,1-4H3,(H2,23,24,25). The molecule has 0 radical (unpaired) electrons. The van der Waals surface area contributed by atoms with E-state index in [1.54, 1.807) is 7.11 Å². The van der Waals surface area contributed by atoms with Crippen molar-refractivity contribution in [2.24, 2.45) is 4.99 Å². The van der Waals surface area contributed by atoms with Gasteiger partial charge in [-0.25, -0.2) is 4.99 Å². The number of nitrogens with zero attached hydrogens (tertiary/aromatic N) is 2. The lowest BCUT2D eigenvalue weighted by molar-refractivity contribution is -0.130. The van der Waals surface area contributed by atoms with Crippen LogP contribution in [0.1, 0.15) is 45.6 Å². The summed E-state index contributed by atoms with van der Waals surface area (Å²) in [4.78, 5) is 18.6. The van der Waals surface area contributed by atoms with Gasteiger partial charge in [-0.15, -0.1) is 0 Å². The van der Waals surface area contributed by atoms with E-state index in [-0.39, 0.29) is 5.91 Å². The average molecular weight is 407 g/mol. The van der Waals surface area contributed by atoms with Gasteiger partial charge in [0.2, 0.25) is 5.91 Å². The molecule has 0 aliphatic heterocycles. The van der Waals surface area contributed by atoms with Crippen molar-refractivity contribution in [3.05, 3.63) is 29.8 Å². The molecule has 164 valence electrons. The summed E-state index contributed by atoms with van der Waals surface area (Å²) >= 11 is 0. The number of carbonyl (C=O) groups excluding carboxylic acids is 1. The van der Waals surface area contributed by atoms with E-state index in [1.807, 2.05) is 49.9 Å². The molecule has 0 saturated carbocycles. The molecule has 0 unspecified atom stereocenters. The summed E-state index contributed by atoms with van der Waals surface area (Å²) in [6.45, 7) is 11.1. The highest BCUT2D eigenvalue weighted by Crippen LogP contribution is 2.11. The number of aliphatic imine (C=N–C) groups is 1. The fraction of sp³-hybridized carbons (Fsp3) is 0.636. The summed E-state index contributed by atoms with van der Waals surface area (Å²) in [6.07, 6.45) is 2.24. The molecule has 2 N–H and O–H groups in total. The average Bonchev–Trinajstić information content (AvgIpc) is 2.75. The van der Waals surface area contributed by atoms with Crippen molar-refractivity contribution < 1.29 is 14.3 Å². The second-order valence-electron chi connectivity index (χ2n) is 6.59. The second kappa shape index (κ2) is 15.6. The van der Waals surface area contributed by atoms with E-state index in [0.29, 0.717) is 19.5 Å². The first-order valence-corrected chi connectivity index (χ1v) is 10.6. The molecule has 0 aliphatic rings. The third-order valence-electron chi connectivity index (χ3n) is 4.52. The molecule has 1 rings (SSSR count). The van der Waals surface area contributed by atoms with E-state index in [4.69, 9.17) is 9.47 Å². The van der Waals surface area contributed by atoms with E-state index < -0.39 is 0 Å². The Morgan fingerprint density at radius 1 is 1.03 bits per heavy atom. The lowest BCUT2D eigenvalue weighted by Gasteiger charge is -2.18. The van der Waals surface area contributed by atoms with Crippen LogP contribution in [0, 0.1) is 0 Å². The Bertz CT molecular complexity index is 586. The largest absolute Gasteiger partial charge is 0.497 e. The third-order valence-corrected chi connectivity index (χ3v) is 4.52. The predicted octanol–water partition coefficient (Wildman–Crippen LogP) is 2.81. The van der Waals surface area contributed by atoms with Crippen molar-refractivity contribution in [2.75, 3.05) is 46.5 Å². The first-order chi connectivity index (χ1) is 14.1. The van der Waals surface area contributed by atoms with Crippen LogP contribution in [0.5, 0.6) is 5.75 Å². The maximum atomic E-state index is 12.1. The van der Waals surface area contributed by atoms with Crippen LogP contribution < -0.4 is 15.4 Å². The fourth-order valence-corrected chi connectivity index (χ4v) is 2.78. The Kier molecular flexibility index (Phi) is 13.3. The number of methoxy groups -OCH3 is 1. The van der Waals surface area contributed by atoms with Crippen LogP contribution in [0.4, 0.5) is 0 Å². The molecular weight excluding hydrogens is 368 g/mol. The van der Waals surface area contributed by atoms with Gasteiger partial charge in [-0.1, -0.05) is 12.1 Å². The smallest absolute Gasteiger partial charge is 0.222 e. The SMILES string of the molecule is CCOCCCNC(=NCc1ccc(OC)cc1)NCCCC(=O)N(CC)CC. The van der Waals surface area contributed by atoms with Gasteiger partial charge in [-0.05, 0) is 51.3 Å². The molecule has 0 bridgehead atoms. The van der Waals surface area contributed by atoms with Crippen molar-refractivity contribution >= 4 is 11.9 Å². The molecule has 0 fully saturated rings. The highest BCUT2D eigenvalue weighted by Gasteiger charge is 2.08. The van der Waals surface area contributed by atoms with Gasteiger partial charge < -0.3 is 25.0 Å². The van der Waals surface area contributed by atoms with Gasteiger partial charge in [-0.3, -0.25) is 4.79 Å². The van der Waals surface area contributed by atoms with Crippen LogP contribution in [0.15, 0.2) is 29.3 Å². The van der Waals surface area contributed by atoms with Crippen molar-refractivity contribution in [3.8, 4) is 5.75 Å². The van der Waals surface area contributed by atoms with Crippen molar-refractivity contribution in [3.63, 3.8) is 0 Å². The van der Waals surface area contributed by atoms with E-state index in [2.05, 4.69) is 15.6 Å². The van der Waals surface area contributed by atoms with Crippen LogP contribution in [-0.2, 0) is 16.1 Å². The van der Waals surface area contributed by atoms with Gasteiger partial charge >= 0.3 is 0 Å². The zero-order valence-electron chi connectivity index (χ0n) is 18.5. The maximum Gasteiger partial charge on any atom is 0.222 e. The van der Waals surface area contributed by atoms with Crippen molar-refractivity contribution in [2.45, 2.75) is 46.6 Å². The molecule has 1 aromatic carbocycles. The zero-order valence-corrected chi connectivity index (χ0v) is 18.5. The van der Waals surface area contributed by atoms with Crippen molar-refractivity contribution in [1.29, 1.82) is 0 Å². The Morgan fingerprint density at radius 2 is 1.69 bits per heavy atom. The molecular formula is C22H38N4O3. The Morgan fingerprint density at radius 3 is 2.28 bits per heavy atom. The summed E-state index contributed by atoms with van der Waals surface area (Å²) < 4.78 is 10.6. The van der Waals surface area contributed by atoms with Gasteiger partial charge in [0.05, 0.1) is 13.7 Å². The number of ether oxygens (including phenoxy) is 2. The van der Waals surface area contributed by atoms with Gasteiger partial charge in [0, 0.05) is 45.8 Å². The van der Waals surface area contributed by atoms with E-state index >= 15 is 0 Å². The molecule has 29 heavy (non-hydrogen) atoms. The number of carbonyl (C=O) groups is 1. The highest BCUT2D eigenvalue weighted by molar-refractivity contribution is 5.80. The van der Waals surface area contributed by atoms with Gasteiger partial charge in [0.1, 0.15) is 5.75 Å². The number of hydrogen-bond acceptors (Lipinski definition) is 4. The number of amides is 1. The normalized spacial score (nSPS) is 11.2. The van der Waals surface area contributed by atoms with Crippen LogP contribution in [-0.4, -0.2) is 63.3 Å². The highest BCUT2D eigenvalue weighted by atomic mass is 16.5. The van der Waals surface area contributed by atoms with Crippen LogP contribution in [0.3, 0.4) is 0 Å². The zero-order chi connectivity index (χ0) is 21.3. The quantitative estimate of drug-likeness (QED) is 0.282. The molecule has 0 spiro atoms. The lowest BCUT2D eigenvalue weighted by atomic mass is 10.2. The minimum absolute atomic E-state index is 0.207. The van der Waals surface area contributed by atoms with Gasteiger partial charge in [0.25, 0.3) is 0 Å². The number of hydrogen-bond donors (Lipinski definition) is 2. The number of guanidine groups is 1. The molecule has 0 heterocycles. The molecule has 1 aromatic rings. The molecule has 0 aliphatic carbocycles. The number of benzene rings is 1. The van der Waals surface area contributed by atoms with Crippen LogP contribution in [0.25, 0.3) is 0 Å². The Balaban J connectivity index is 2.51. The van der Waals surface area contributed by atoms with E-state index in [9.17, 15) is 4.79 Å². The first-order valence-electron chi connectivity index (χ1n) is 10.6.